The number of nitrogens with one attached hydrogen (secondary N) is 1. The summed E-state index contributed by atoms with van der Waals surface area (Å²) in [7, 11) is 3.31. The van der Waals surface area contributed by atoms with Crippen LogP contribution in [-0.2, 0) is 9.59 Å². The molecule has 2 N–H and O–H groups in total. The van der Waals surface area contributed by atoms with E-state index in [9.17, 15) is 19.5 Å². The second-order valence-corrected chi connectivity index (χ2v) is 11.6. The fourth-order valence-electron chi connectivity index (χ4n) is 5.83. The summed E-state index contributed by atoms with van der Waals surface area (Å²) < 4.78 is 12.1. The van der Waals surface area contributed by atoms with E-state index < -0.39 is 30.1 Å². The number of aryl methyl sites for hydroxylation is 2. The molecule has 3 atom stereocenters. The maximum atomic E-state index is 13.7. The van der Waals surface area contributed by atoms with Crippen LogP contribution < -0.4 is 19.7 Å². The van der Waals surface area contributed by atoms with Crippen molar-refractivity contribution in [3.05, 3.63) is 53.7 Å². The lowest BCUT2D eigenvalue weighted by Gasteiger charge is -2.20. The summed E-state index contributed by atoms with van der Waals surface area (Å²) in [4.78, 5) is 56.5. The summed E-state index contributed by atoms with van der Waals surface area (Å²) in [5.41, 5.74) is 2.83. The molecule has 0 bridgehead atoms. The number of carboxylic acids is 1. The van der Waals surface area contributed by atoms with Gasteiger partial charge in [-0.05, 0) is 70.2 Å². The third kappa shape index (κ3) is 7.22. The van der Waals surface area contributed by atoms with Crippen LogP contribution in [0.4, 0.5) is 4.79 Å². The Morgan fingerprint density at radius 2 is 1.87 bits per heavy atom. The van der Waals surface area contributed by atoms with Crippen LogP contribution in [0, 0.1) is 13.8 Å². The van der Waals surface area contributed by atoms with Gasteiger partial charge in [0.1, 0.15) is 17.5 Å². The number of fused-ring (bicyclic) bond motifs is 2. The summed E-state index contributed by atoms with van der Waals surface area (Å²) in [6.45, 7) is 4.45. The van der Waals surface area contributed by atoms with Crippen LogP contribution in [0.1, 0.15) is 49.8 Å². The predicted molar refractivity (Wildman–Crippen MR) is 168 cm³/mol. The van der Waals surface area contributed by atoms with Crippen molar-refractivity contribution in [2.45, 2.75) is 70.6 Å². The predicted octanol–water partition coefficient (Wildman–Crippen LogP) is 4.12. The zero-order chi connectivity index (χ0) is 32.1. The largest absolute Gasteiger partial charge is 0.496 e. The molecule has 1 aromatic carbocycles. The zero-order valence-corrected chi connectivity index (χ0v) is 26.2. The normalized spacial score (nSPS) is 22.0. The molecule has 0 aliphatic carbocycles. The minimum atomic E-state index is -1.11. The number of hydrogen-bond acceptors (Lipinski definition) is 8. The number of nitrogens with zero attached hydrogens (tertiary/aromatic N) is 5. The zero-order valence-electron chi connectivity index (χ0n) is 26.2. The second kappa shape index (κ2) is 14.0. The number of carbonyl (C=O) groups excluding carboxylic acids is 2. The first kappa shape index (κ1) is 31.8. The van der Waals surface area contributed by atoms with Crippen molar-refractivity contribution in [1.29, 1.82) is 0 Å². The van der Waals surface area contributed by atoms with E-state index in [0.29, 0.717) is 47.0 Å². The molecule has 1 radical (unpaired) electrons. The monoisotopic (exact) mass is 616 g/mol. The molecule has 0 spiro atoms. The summed E-state index contributed by atoms with van der Waals surface area (Å²) in [6, 6.07) is 6.95. The number of rotatable bonds is 5. The lowest BCUT2D eigenvalue weighted by molar-refractivity contribution is -0.142. The Kier molecular flexibility index (Phi) is 9.92. The number of benzene rings is 1. The number of aromatic nitrogens is 3. The molecule has 12 nitrogen and oxygen atoms in total. The Balaban J connectivity index is 1.49. The van der Waals surface area contributed by atoms with Gasteiger partial charge in [-0.1, -0.05) is 23.1 Å². The quantitative estimate of drug-likeness (QED) is 0.319. The lowest BCUT2D eigenvalue weighted by atomic mass is 10.1. The Morgan fingerprint density at radius 1 is 1.07 bits per heavy atom. The van der Waals surface area contributed by atoms with Crippen molar-refractivity contribution in [2.75, 3.05) is 27.2 Å². The van der Waals surface area contributed by atoms with Crippen molar-refractivity contribution in [3.63, 3.8) is 0 Å². The number of ether oxygens (including phenoxy) is 2. The van der Waals surface area contributed by atoms with Crippen LogP contribution >= 0.6 is 0 Å². The van der Waals surface area contributed by atoms with Crippen molar-refractivity contribution in [3.8, 4) is 23.1 Å². The van der Waals surface area contributed by atoms with Gasteiger partial charge in [-0.3, -0.25) is 9.69 Å². The minimum absolute atomic E-state index is 0.124. The standard InChI is InChI=1S/C33H40N6O6/c1-20-12-11-14-24(34-20)29-36-28-21(2)27(44-4)16-15-23(28)31(37-29)45-22-18-26-30(40)35-25(32(41)42)13-9-7-5-6-8-10-17-38(3)33(43)39(26)19-22/h5,7,11-12,14-16,22,25-26H,6,8-10,13,17-19H2,1-4H3,(H,35,40)(H,41,42)/q+1. The van der Waals surface area contributed by atoms with E-state index >= 15 is 0 Å². The maximum absolute atomic E-state index is 13.7. The van der Waals surface area contributed by atoms with Crippen molar-refractivity contribution in [1.82, 2.24) is 30.1 Å². The number of allylic oxidation sites excluding steroid dienone is 2. The number of urea groups is 1. The van der Waals surface area contributed by atoms with Gasteiger partial charge in [-0.15, -0.1) is 0 Å². The van der Waals surface area contributed by atoms with Gasteiger partial charge < -0.3 is 19.9 Å². The Bertz CT molecular complexity index is 1610. The Labute approximate surface area is 262 Å². The van der Waals surface area contributed by atoms with E-state index in [1.54, 1.807) is 19.1 Å². The second-order valence-electron chi connectivity index (χ2n) is 11.6. The first-order chi connectivity index (χ1) is 21.7. The summed E-state index contributed by atoms with van der Waals surface area (Å²) >= 11 is 0. The highest BCUT2D eigenvalue weighted by atomic mass is 16.5. The Hall–Kier alpha value is -4.58. The van der Waals surface area contributed by atoms with E-state index in [2.05, 4.69) is 10.3 Å². The minimum Gasteiger partial charge on any atom is -0.496 e. The van der Waals surface area contributed by atoms with E-state index in [1.807, 2.05) is 56.3 Å². The third-order valence-corrected chi connectivity index (χ3v) is 8.31. The third-order valence-electron chi connectivity index (χ3n) is 8.31. The lowest BCUT2D eigenvalue weighted by Crippen LogP contribution is -2.56. The van der Waals surface area contributed by atoms with Gasteiger partial charge in [0.05, 0.1) is 24.4 Å². The molecule has 1 saturated heterocycles. The van der Waals surface area contributed by atoms with Crippen molar-refractivity contribution >= 4 is 28.8 Å². The molecule has 4 heterocycles. The molecule has 3 unspecified atom stereocenters. The van der Waals surface area contributed by atoms with Crippen LogP contribution in [0.3, 0.4) is 0 Å². The average molecular weight is 617 g/mol. The molecule has 237 valence electrons. The number of amides is 3. The van der Waals surface area contributed by atoms with E-state index in [0.717, 1.165) is 30.5 Å². The highest BCUT2D eigenvalue weighted by molar-refractivity contribution is 5.92. The van der Waals surface area contributed by atoms with Gasteiger partial charge >= 0.3 is 12.0 Å². The molecule has 45 heavy (non-hydrogen) atoms. The number of carbonyl (C=O) groups is 3. The molecule has 1 fully saturated rings. The maximum Gasteiger partial charge on any atom is 0.467 e. The first-order valence-electron chi connectivity index (χ1n) is 15.3. The molecule has 12 heteroatoms. The molecule has 2 aliphatic heterocycles. The molecule has 3 aromatic rings. The number of methoxy groups -OCH3 is 1. The first-order valence-corrected chi connectivity index (χ1v) is 15.3. The number of carboxylic acid groups (broad SMARTS) is 1. The summed E-state index contributed by atoms with van der Waals surface area (Å²) in [5, 5.41) is 13.1. The van der Waals surface area contributed by atoms with Crippen molar-refractivity contribution < 1.29 is 29.0 Å². The van der Waals surface area contributed by atoms with Crippen LogP contribution in [0.5, 0.6) is 11.6 Å². The van der Waals surface area contributed by atoms with Gasteiger partial charge in [0.15, 0.2) is 18.5 Å². The average Bonchev–Trinajstić information content (AvgIpc) is 3.44. The van der Waals surface area contributed by atoms with E-state index in [1.165, 1.54) is 4.90 Å². The molecule has 2 aromatic heterocycles. The molecule has 3 amide bonds. The fraction of sp³-hybridized carbons (Fsp3) is 0.455. The number of pyridine rings is 1. The van der Waals surface area contributed by atoms with Gasteiger partial charge in [0.25, 0.3) is 5.91 Å². The van der Waals surface area contributed by atoms with E-state index in [-0.39, 0.29) is 25.4 Å². The van der Waals surface area contributed by atoms with Gasteiger partial charge in [-0.2, -0.15) is 4.98 Å². The van der Waals surface area contributed by atoms with Crippen LogP contribution in [0.25, 0.3) is 22.4 Å². The molecular weight excluding hydrogens is 576 g/mol. The smallest absolute Gasteiger partial charge is 0.467 e. The van der Waals surface area contributed by atoms with Crippen LogP contribution in [-0.4, -0.2) is 88.3 Å². The number of aliphatic carboxylic acids is 1. The van der Waals surface area contributed by atoms with Gasteiger partial charge in [-0.25, -0.2) is 19.6 Å². The topological polar surface area (TPSA) is 150 Å². The van der Waals surface area contributed by atoms with Gasteiger partial charge in [0.2, 0.25) is 11.9 Å². The molecule has 2 aliphatic rings. The van der Waals surface area contributed by atoms with E-state index in [4.69, 9.17) is 19.4 Å². The summed E-state index contributed by atoms with van der Waals surface area (Å²) in [6.07, 6.45) is 6.86. The number of hydrogen-bond donors (Lipinski definition) is 2. The van der Waals surface area contributed by atoms with Gasteiger partial charge in [0, 0.05) is 24.8 Å². The molecule has 5 rings (SSSR count). The SMILES string of the molecule is COc1ccc2c(OC3CC4C(=O)NC(C(=O)O)CCC=CCCCCN(C)C(=O)[N+]4C3)nc(-c3cccc(C)n3)nc2c1C. The molecular formula is C33H40N6O6+. The highest BCUT2D eigenvalue weighted by Gasteiger charge is 2.52. The Morgan fingerprint density at radius 3 is 2.62 bits per heavy atom. The van der Waals surface area contributed by atoms with Crippen molar-refractivity contribution in [2.24, 2.45) is 0 Å². The van der Waals surface area contributed by atoms with Crippen LogP contribution in [0.15, 0.2) is 42.5 Å². The fourth-order valence-corrected chi connectivity index (χ4v) is 5.83. The highest BCUT2D eigenvalue weighted by Crippen LogP contribution is 2.34. The molecule has 0 saturated carbocycles. The van der Waals surface area contributed by atoms with Crippen LogP contribution in [0.2, 0.25) is 0 Å². The summed E-state index contributed by atoms with van der Waals surface area (Å²) in [5.74, 6) is -0.300.